The molecule has 3 N–H and O–H groups in total. The molecule has 0 bridgehead atoms. The van der Waals surface area contributed by atoms with Gasteiger partial charge in [0.05, 0.1) is 24.8 Å². The monoisotopic (exact) mass is 545 g/mol. The Morgan fingerprint density at radius 2 is 1.85 bits per heavy atom. The molecule has 39 heavy (non-hydrogen) atoms. The predicted octanol–water partition coefficient (Wildman–Crippen LogP) is 2.78. The quantitative estimate of drug-likeness (QED) is 0.375. The van der Waals surface area contributed by atoms with Gasteiger partial charge in [0, 0.05) is 32.5 Å². The van der Waals surface area contributed by atoms with E-state index in [-0.39, 0.29) is 43.3 Å². The normalized spacial score (nSPS) is 19.1. The van der Waals surface area contributed by atoms with E-state index < -0.39 is 41.2 Å². The van der Waals surface area contributed by atoms with Crippen molar-refractivity contribution in [2.24, 2.45) is 0 Å². The first-order valence-corrected chi connectivity index (χ1v) is 13.0. The lowest BCUT2D eigenvalue weighted by Gasteiger charge is -2.43. The summed E-state index contributed by atoms with van der Waals surface area (Å²) in [7, 11) is 1.27. The Kier molecular flexibility index (Phi) is 10.2. The van der Waals surface area contributed by atoms with Gasteiger partial charge in [0.25, 0.3) is 0 Å². The van der Waals surface area contributed by atoms with Crippen LogP contribution in [0, 0.1) is 11.6 Å². The molecule has 3 unspecified atom stereocenters. The second-order valence-corrected chi connectivity index (χ2v) is 10.4. The summed E-state index contributed by atoms with van der Waals surface area (Å²) in [6.07, 6.45) is -0.644. The van der Waals surface area contributed by atoms with Crippen molar-refractivity contribution < 1.29 is 33.0 Å². The number of esters is 1. The van der Waals surface area contributed by atoms with Crippen LogP contribution in [0.4, 0.5) is 8.78 Å². The first-order chi connectivity index (χ1) is 18.4. The molecule has 3 atom stereocenters. The van der Waals surface area contributed by atoms with Gasteiger partial charge in [0.1, 0.15) is 18.2 Å². The van der Waals surface area contributed by atoms with Crippen LogP contribution in [0.1, 0.15) is 56.2 Å². The lowest BCUT2D eigenvalue weighted by atomic mass is 9.79. The van der Waals surface area contributed by atoms with Gasteiger partial charge in [-0.3, -0.25) is 14.4 Å². The maximum atomic E-state index is 13.8. The van der Waals surface area contributed by atoms with Gasteiger partial charge in [-0.15, -0.1) is 0 Å². The number of aliphatic hydroxyl groups is 1. The van der Waals surface area contributed by atoms with Crippen LogP contribution in [0.3, 0.4) is 0 Å². The Morgan fingerprint density at radius 1 is 1.15 bits per heavy atom. The van der Waals surface area contributed by atoms with E-state index in [1.165, 1.54) is 18.9 Å². The third-order valence-electron chi connectivity index (χ3n) is 7.15. The predicted molar refractivity (Wildman–Crippen MR) is 142 cm³/mol. The number of aliphatic hydroxyl groups excluding tert-OH is 1. The van der Waals surface area contributed by atoms with Crippen LogP contribution in [-0.2, 0) is 31.1 Å². The van der Waals surface area contributed by atoms with E-state index in [4.69, 9.17) is 4.74 Å². The number of rotatable bonds is 11. The minimum atomic E-state index is -1.14. The highest BCUT2D eigenvalue weighted by Crippen LogP contribution is 2.35. The number of carbonyl (C=O) groups excluding carboxylic acids is 3. The SMILES string of the molecule is COC(=O)CN1CCC(NCC(O)C(Cc2cc(F)cc(F)c2)NC(C)=O)(c2cccc(C(C)C)c2)CC1=O. The van der Waals surface area contributed by atoms with Gasteiger partial charge in [-0.05, 0) is 47.6 Å². The largest absolute Gasteiger partial charge is 0.468 e. The van der Waals surface area contributed by atoms with Crippen molar-refractivity contribution in [2.45, 2.75) is 63.6 Å². The van der Waals surface area contributed by atoms with Crippen molar-refractivity contribution in [2.75, 3.05) is 26.7 Å². The molecule has 2 aromatic carbocycles. The molecule has 1 aliphatic rings. The first-order valence-electron chi connectivity index (χ1n) is 13.0. The van der Waals surface area contributed by atoms with Gasteiger partial charge in [-0.25, -0.2) is 8.78 Å². The summed E-state index contributed by atoms with van der Waals surface area (Å²) in [5, 5.41) is 17.2. The van der Waals surface area contributed by atoms with Gasteiger partial charge >= 0.3 is 5.97 Å². The molecule has 1 fully saturated rings. The molecular formula is C29H37F2N3O5. The Hall–Kier alpha value is -3.37. The van der Waals surface area contributed by atoms with Crippen molar-refractivity contribution >= 4 is 17.8 Å². The van der Waals surface area contributed by atoms with E-state index in [1.54, 1.807) is 0 Å². The summed E-state index contributed by atoms with van der Waals surface area (Å²) in [4.78, 5) is 38.3. The Morgan fingerprint density at radius 3 is 2.44 bits per heavy atom. The topological polar surface area (TPSA) is 108 Å². The van der Waals surface area contributed by atoms with Crippen LogP contribution in [-0.4, -0.2) is 66.7 Å². The molecule has 2 amide bonds. The molecule has 0 spiro atoms. The summed E-state index contributed by atoms with van der Waals surface area (Å²) in [6, 6.07) is 10.1. The highest BCUT2D eigenvalue weighted by molar-refractivity contribution is 5.83. The molecule has 0 aromatic heterocycles. The summed E-state index contributed by atoms with van der Waals surface area (Å²) >= 11 is 0. The van der Waals surface area contributed by atoms with Crippen LogP contribution in [0.5, 0.6) is 0 Å². The molecule has 0 aliphatic carbocycles. The summed E-state index contributed by atoms with van der Waals surface area (Å²) < 4.78 is 32.2. The maximum Gasteiger partial charge on any atom is 0.325 e. The van der Waals surface area contributed by atoms with Crippen molar-refractivity contribution in [3.05, 3.63) is 70.8 Å². The number of hydrogen-bond donors (Lipinski definition) is 3. The van der Waals surface area contributed by atoms with Gasteiger partial charge in [0.15, 0.2) is 0 Å². The number of methoxy groups -OCH3 is 1. The third-order valence-corrected chi connectivity index (χ3v) is 7.15. The Balaban J connectivity index is 1.86. The number of ether oxygens (including phenoxy) is 1. The van der Waals surface area contributed by atoms with Crippen molar-refractivity contribution in [1.82, 2.24) is 15.5 Å². The van der Waals surface area contributed by atoms with Crippen molar-refractivity contribution in [3.8, 4) is 0 Å². The standard InChI is InChI=1S/C29H37F2N3O5/c1-18(2)21-6-5-7-22(13-21)29(8-9-34(27(37)15-29)17-28(38)39-4)32-16-26(36)25(33-19(3)35)12-20-10-23(30)14-24(31)11-20/h5-7,10-11,13-14,18,25-26,32,36H,8-9,12,15-17H2,1-4H3,(H,33,35). The molecule has 8 nitrogen and oxygen atoms in total. The summed E-state index contributed by atoms with van der Waals surface area (Å²) in [5.74, 6) is -2.40. The maximum absolute atomic E-state index is 13.8. The van der Waals surface area contributed by atoms with Gasteiger partial charge in [0.2, 0.25) is 11.8 Å². The number of nitrogens with zero attached hydrogens (tertiary/aromatic N) is 1. The van der Waals surface area contributed by atoms with Gasteiger partial charge < -0.3 is 25.4 Å². The highest BCUT2D eigenvalue weighted by Gasteiger charge is 2.41. The minimum absolute atomic E-state index is 0.00121. The molecule has 3 rings (SSSR count). The molecule has 2 aromatic rings. The second-order valence-electron chi connectivity index (χ2n) is 10.4. The van der Waals surface area contributed by atoms with E-state index >= 15 is 0 Å². The fourth-order valence-corrected chi connectivity index (χ4v) is 4.96. The molecule has 1 saturated heterocycles. The molecule has 212 valence electrons. The Bertz CT molecular complexity index is 1170. The van der Waals surface area contributed by atoms with E-state index in [0.29, 0.717) is 13.0 Å². The molecule has 1 aliphatic heterocycles. The van der Waals surface area contributed by atoms with E-state index in [0.717, 1.165) is 29.3 Å². The number of likely N-dealkylation sites (tertiary alicyclic amines) is 1. The van der Waals surface area contributed by atoms with Crippen LogP contribution in [0.2, 0.25) is 0 Å². The van der Waals surface area contributed by atoms with E-state index in [9.17, 15) is 28.3 Å². The smallest absolute Gasteiger partial charge is 0.325 e. The Labute approximate surface area is 227 Å². The van der Waals surface area contributed by atoms with Crippen molar-refractivity contribution in [1.29, 1.82) is 0 Å². The van der Waals surface area contributed by atoms with Gasteiger partial charge in [-0.2, -0.15) is 0 Å². The lowest BCUT2D eigenvalue weighted by molar-refractivity contribution is -0.149. The minimum Gasteiger partial charge on any atom is -0.468 e. The number of halogens is 2. The van der Waals surface area contributed by atoms with Crippen LogP contribution < -0.4 is 10.6 Å². The molecule has 1 heterocycles. The van der Waals surface area contributed by atoms with Crippen LogP contribution >= 0.6 is 0 Å². The highest BCUT2D eigenvalue weighted by atomic mass is 19.1. The molecule has 0 radical (unpaired) electrons. The van der Waals surface area contributed by atoms with Gasteiger partial charge in [-0.1, -0.05) is 38.1 Å². The molecular weight excluding hydrogens is 508 g/mol. The third kappa shape index (κ3) is 8.06. The average Bonchev–Trinajstić information content (AvgIpc) is 2.87. The fourth-order valence-electron chi connectivity index (χ4n) is 4.96. The number of benzene rings is 2. The number of carbonyl (C=O) groups is 3. The fraction of sp³-hybridized carbons (Fsp3) is 0.483. The van der Waals surface area contributed by atoms with E-state index in [2.05, 4.69) is 24.5 Å². The van der Waals surface area contributed by atoms with Crippen LogP contribution in [0.25, 0.3) is 0 Å². The zero-order valence-electron chi connectivity index (χ0n) is 22.8. The second kappa shape index (κ2) is 13.1. The molecule has 10 heteroatoms. The summed E-state index contributed by atoms with van der Waals surface area (Å²) in [5.41, 5.74) is 1.40. The number of hydrogen-bond acceptors (Lipinski definition) is 6. The number of piperidine rings is 1. The lowest BCUT2D eigenvalue weighted by Crippen LogP contribution is -2.57. The number of amides is 2. The first kappa shape index (κ1) is 30.2. The number of nitrogens with one attached hydrogen (secondary N) is 2. The molecule has 0 saturated carbocycles. The zero-order chi connectivity index (χ0) is 28.7. The van der Waals surface area contributed by atoms with Crippen molar-refractivity contribution in [3.63, 3.8) is 0 Å². The van der Waals surface area contributed by atoms with E-state index in [1.807, 2.05) is 24.3 Å². The summed E-state index contributed by atoms with van der Waals surface area (Å²) in [6.45, 7) is 5.57. The average molecular weight is 546 g/mol. The zero-order valence-corrected chi connectivity index (χ0v) is 22.8. The van der Waals surface area contributed by atoms with Crippen LogP contribution in [0.15, 0.2) is 42.5 Å².